The SMILES string of the molecule is FC(F)(F)c1ccc(C=C(OS)OS)cc1. The van der Waals surface area contributed by atoms with Crippen LogP contribution in [0.1, 0.15) is 11.1 Å². The molecule has 1 aromatic carbocycles. The molecule has 88 valence electrons. The van der Waals surface area contributed by atoms with Gasteiger partial charge in [-0.25, -0.2) is 0 Å². The number of hydrogen-bond acceptors (Lipinski definition) is 4. The van der Waals surface area contributed by atoms with Crippen LogP contribution in [0.3, 0.4) is 0 Å². The van der Waals surface area contributed by atoms with Gasteiger partial charge in [0, 0.05) is 31.9 Å². The zero-order valence-electron chi connectivity index (χ0n) is 7.73. The van der Waals surface area contributed by atoms with Crippen molar-refractivity contribution in [1.29, 1.82) is 0 Å². The number of rotatable bonds is 3. The van der Waals surface area contributed by atoms with E-state index < -0.39 is 11.7 Å². The van der Waals surface area contributed by atoms with E-state index in [2.05, 4.69) is 34.2 Å². The van der Waals surface area contributed by atoms with Crippen molar-refractivity contribution in [3.8, 4) is 0 Å². The highest BCUT2D eigenvalue weighted by molar-refractivity contribution is 7.75. The molecule has 0 saturated heterocycles. The fraction of sp³-hybridized carbons (Fsp3) is 0.111. The molecule has 0 aliphatic carbocycles. The molecule has 0 atom stereocenters. The highest BCUT2D eigenvalue weighted by Gasteiger charge is 2.29. The van der Waals surface area contributed by atoms with E-state index in [9.17, 15) is 13.2 Å². The molecule has 2 nitrogen and oxygen atoms in total. The molecule has 1 rings (SSSR count). The Morgan fingerprint density at radius 2 is 1.56 bits per heavy atom. The molecule has 0 aromatic heterocycles. The van der Waals surface area contributed by atoms with Gasteiger partial charge in [-0.2, -0.15) is 13.2 Å². The molecule has 0 amide bonds. The first-order valence-corrected chi connectivity index (χ1v) is 4.72. The van der Waals surface area contributed by atoms with Crippen LogP contribution in [0.4, 0.5) is 13.2 Å². The lowest BCUT2D eigenvalue weighted by Crippen LogP contribution is -2.04. The summed E-state index contributed by atoms with van der Waals surface area (Å²) in [5.41, 5.74) is -0.240. The Kier molecular flexibility index (Phi) is 4.43. The van der Waals surface area contributed by atoms with Gasteiger partial charge in [-0.05, 0) is 17.7 Å². The summed E-state index contributed by atoms with van der Waals surface area (Å²) < 4.78 is 45.5. The van der Waals surface area contributed by atoms with Crippen molar-refractivity contribution in [1.82, 2.24) is 0 Å². The molecule has 1 aromatic rings. The number of alkyl halides is 3. The maximum atomic E-state index is 12.2. The lowest BCUT2D eigenvalue weighted by molar-refractivity contribution is -0.137. The van der Waals surface area contributed by atoms with Crippen LogP contribution < -0.4 is 0 Å². The minimum absolute atomic E-state index is 0.0357. The lowest BCUT2D eigenvalue weighted by atomic mass is 10.1. The van der Waals surface area contributed by atoms with E-state index in [1.54, 1.807) is 0 Å². The summed E-state index contributed by atoms with van der Waals surface area (Å²) in [7, 11) is 0. The maximum Gasteiger partial charge on any atom is 0.416 e. The van der Waals surface area contributed by atoms with Crippen LogP contribution in [0.2, 0.25) is 0 Å². The molecule has 16 heavy (non-hydrogen) atoms. The van der Waals surface area contributed by atoms with Crippen molar-refractivity contribution >= 4 is 31.9 Å². The number of halogens is 3. The number of thiol groups is 2. The van der Waals surface area contributed by atoms with Crippen LogP contribution in [0, 0.1) is 0 Å². The van der Waals surface area contributed by atoms with Gasteiger partial charge in [-0.15, -0.1) is 0 Å². The molecule has 0 heterocycles. The van der Waals surface area contributed by atoms with Crippen LogP contribution in [-0.4, -0.2) is 0 Å². The summed E-state index contributed by atoms with van der Waals surface area (Å²) in [6, 6.07) is 4.48. The van der Waals surface area contributed by atoms with Gasteiger partial charge in [0.1, 0.15) is 0 Å². The third kappa shape index (κ3) is 3.57. The fourth-order valence-corrected chi connectivity index (χ4v) is 1.21. The third-order valence-corrected chi connectivity index (χ3v) is 2.06. The Balaban J connectivity index is 2.91. The van der Waals surface area contributed by atoms with Crippen molar-refractivity contribution in [2.24, 2.45) is 0 Å². The summed E-state index contributed by atoms with van der Waals surface area (Å²) in [6.45, 7) is 0. The molecule has 0 fully saturated rings. The van der Waals surface area contributed by atoms with Gasteiger partial charge in [-0.3, -0.25) is 0 Å². The van der Waals surface area contributed by atoms with Crippen molar-refractivity contribution in [2.75, 3.05) is 0 Å². The van der Waals surface area contributed by atoms with Gasteiger partial charge in [0.05, 0.1) is 5.56 Å². The summed E-state index contributed by atoms with van der Waals surface area (Å²) in [5, 5.41) is 0. The van der Waals surface area contributed by atoms with Crippen molar-refractivity contribution in [3.63, 3.8) is 0 Å². The third-order valence-electron chi connectivity index (χ3n) is 1.70. The predicted molar refractivity (Wildman–Crippen MR) is 59.6 cm³/mol. The van der Waals surface area contributed by atoms with Crippen LogP contribution in [0.25, 0.3) is 6.08 Å². The summed E-state index contributed by atoms with van der Waals surface area (Å²) >= 11 is 6.94. The number of benzene rings is 1. The van der Waals surface area contributed by atoms with E-state index in [-0.39, 0.29) is 5.95 Å². The molecule has 0 radical (unpaired) electrons. The second-order valence-corrected chi connectivity index (χ2v) is 3.13. The second-order valence-electron chi connectivity index (χ2n) is 2.77. The van der Waals surface area contributed by atoms with Gasteiger partial charge in [0.2, 0.25) is 0 Å². The van der Waals surface area contributed by atoms with Crippen molar-refractivity contribution in [2.45, 2.75) is 6.18 Å². The highest BCUT2D eigenvalue weighted by Crippen LogP contribution is 2.29. The average molecular weight is 268 g/mol. The molecule has 0 unspecified atom stereocenters. The minimum atomic E-state index is -4.34. The van der Waals surface area contributed by atoms with Crippen LogP contribution in [-0.2, 0) is 14.5 Å². The normalized spacial score (nSPS) is 10.8. The monoisotopic (exact) mass is 268 g/mol. The Hall–Kier alpha value is -0.950. The van der Waals surface area contributed by atoms with Crippen molar-refractivity contribution in [3.05, 3.63) is 41.3 Å². The van der Waals surface area contributed by atoms with E-state index in [0.717, 1.165) is 12.1 Å². The summed E-state index contributed by atoms with van der Waals surface area (Å²) in [4.78, 5) is 0. The van der Waals surface area contributed by atoms with Gasteiger partial charge in [-0.1, -0.05) is 12.1 Å². The van der Waals surface area contributed by atoms with Gasteiger partial charge >= 0.3 is 12.1 Å². The molecular weight excluding hydrogens is 261 g/mol. The van der Waals surface area contributed by atoms with E-state index in [1.807, 2.05) is 0 Å². The summed E-state index contributed by atoms with van der Waals surface area (Å²) in [5.74, 6) is -0.0357. The molecule has 0 spiro atoms. The maximum absolute atomic E-state index is 12.2. The van der Waals surface area contributed by atoms with Gasteiger partial charge in [0.15, 0.2) is 0 Å². The molecule has 0 N–H and O–H groups in total. The molecule has 0 saturated carbocycles. The Morgan fingerprint density at radius 3 is 1.94 bits per heavy atom. The zero-order valence-corrected chi connectivity index (χ0v) is 9.52. The molecule has 7 heteroatoms. The van der Waals surface area contributed by atoms with E-state index in [0.29, 0.717) is 5.56 Å². The first kappa shape index (κ1) is 13.1. The minimum Gasteiger partial charge on any atom is -0.394 e. The summed E-state index contributed by atoms with van der Waals surface area (Å²) in [6.07, 6.45) is -2.99. The Bertz CT molecular complexity index is 367. The average Bonchev–Trinajstić information content (AvgIpc) is 2.25. The Morgan fingerprint density at radius 1 is 1.06 bits per heavy atom. The number of hydrogen-bond donors (Lipinski definition) is 2. The van der Waals surface area contributed by atoms with E-state index >= 15 is 0 Å². The van der Waals surface area contributed by atoms with Gasteiger partial charge in [0.25, 0.3) is 0 Å². The molecule has 0 aliphatic rings. The zero-order chi connectivity index (χ0) is 12.2. The van der Waals surface area contributed by atoms with Crippen molar-refractivity contribution < 1.29 is 21.5 Å². The fourth-order valence-electron chi connectivity index (χ4n) is 0.974. The highest BCUT2D eigenvalue weighted by atomic mass is 32.1. The smallest absolute Gasteiger partial charge is 0.394 e. The predicted octanol–water partition coefficient (Wildman–Crippen LogP) is 3.73. The van der Waals surface area contributed by atoms with E-state index in [4.69, 9.17) is 0 Å². The standard InChI is InChI=1S/C9H7F3O2S2/c10-9(11,12)7-3-1-6(2-4-7)5-8(13-15)14-16/h1-5,15-16H. The van der Waals surface area contributed by atoms with Crippen LogP contribution in [0.15, 0.2) is 30.2 Å². The first-order valence-electron chi connectivity index (χ1n) is 3.99. The molecular formula is C9H7F3O2S2. The molecule has 0 aliphatic heterocycles. The second kappa shape index (κ2) is 5.40. The van der Waals surface area contributed by atoms with Gasteiger partial charge < -0.3 is 8.37 Å². The van der Waals surface area contributed by atoms with Crippen LogP contribution in [0.5, 0.6) is 0 Å². The first-order chi connectivity index (χ1) is 7.47. The quantitative estimate of drug-likeness (QED) is 0.494. The topological polar surface area (TPSA) is 18.5 Å². The Labute approximate surface area is 101 Å². The lowest BCUT2D eigenvalue weighted by Gasteiger charge is -2.06. The molecule has 0 bridgehead atoms. The largest absolute Gasteiger partial charge is 0.416 e. The van der Waals surface area contributed by atoms with Crippen LogP contribution >= 0.6 is 25.8 Å². The van der Waals surface area contributed by atoms with E-state index in [1.165, 1.54) is 18.2 Å².